The van der Waals surface area contributed by atoms with Crippen molar-refractivity contribution in [1.82, 2.24) is 0 Å². The lowest BCUT2D eigenvalue weighted by molar-refractivity contribution is -0.167. The lowest BCUT2D eigenvalue weighted by Gasteiger charge is -2.18. The molecule has 0 radical (unpaired) electrons. The van der Waals surface area contributed by atoms with Crippen LogP contribution in [0.15, 0.2) is 109 Å². The van der Waals surface area contributed by atoms with E-state index < -0.39 is 6.10 Å². The van der Waals surface area contributed by atoms with Crippen molar-refractivity contribution in [2.45, 2.75) is 271 Å². The second-order valence-electron chi connectivity index (χ2n) is 19.2. The predicted octanol–water partition coefficient (Wildman–Crippen LogP) is 19.9. The summed E-state index contributed by atoms with van der Waals surface area (Å²) in [7, 11) is 0. The Morgan fingerprint density at radius 1 is 0.296 bits per heavy atom. The van der Waals surface area contributed by atoms with Crippen molar-refractivity contribution in [1.29, 1.82) is 0 Å². The molecule has 0 aromatic heterocycles. The van der Waals surface area contributed by atoms with E-state index in [2.05, 4.69) is 130 Å². The second-order valence-corrected chi connectivity index (χ2v) is 19.2. The van der Waals surface area contributed by atoms with Gasteiger partial charge in [0.2, 0.25) is 0 Å². The van der Waals surface area contributed by atoms with E-state index in [0.717, 1.165) is 141 Å². The Balaban J connectivity index is 4.36. The summed E-state index contributed by atoms with van der Waals surface area (Å²) >= 11 is 0. The van der Waals surface area contributed by atoms with Crippen LogP contribution in [0.5, 0.6) is 0 Å². The van der Waals surface area contributed by atoms with Crippen LogP contribution in [0.25, 0.3) is 0 Å². The molecule has 71 heavy (non-hydrogen) atoms. The first kappa shape index (κ1) is 67.1. The van der Waals surface area contributed by atoms with E-state index in [9.17, 15) is 14.4 Å². The van der Waals surface area contributed by atoms with Crippen molar-refractivity contribution in [3.05, 3.63) is 109 Å². The third kappa shape index (κ3) is 56.9. The normalized spacial score (nSPS) is 12.9. The van der Waals surface area contributed by atoms with Crippen LogP contribution < -0.4 is 0 Å². The molecular weight excluding hydrogens is 877 g/mol. The zero-order valence-corrected chi connectivity index (χ0v) is 46.2. The summed E-state index contributed by atoms with van der Waals surface area (Å²) in [6, 6.07) is 0. The standard InChI is InChI=1S/C65H108O6/c1-4-7-10-13-16-19-22-25-26-27-28-29-30-31-32-33-34-35-36-37-38-41-43-46-49-52-55-58-64(67)70-61-62(71-65(68)59-56-53-50-47-44-40-24-21-18-15-12-9-6-3)60-69-63(66)57-54-51-48-45-42-39-23-20-17-14-11-8-5-2/h7,10,16,19-21,23-26,28-29,31-32,34-35,37-38,62H,4-6,8-9,11-15,17-18,22,27,30,33,36,39-61H2,1-3H3/b10-7-,19-16-,23-20-,24-21-,26-25-,29-28-,32-31-,35-34-,38-37-. The van der Waals surface area contributed by atoms with E-state index in [-0.39, 0.29) is 31.1 Å². The topological polar surface area (TPSA) is 78.9 Å². The monoisotopic (exact) mass is 985 g/mol. The Hall–Kier alpha value is -3.93. The molecule has 0 aliphatic rings. The van der Waals surface area contributed by atoms with Gasteiger partial charge in [0.05, 0.1) is 0 Å². The maximum atomic E-state index is 12.8. The third-order valence-electron chi connectivity index (χ3n) is 12.2. The molecule has 0 spiro atoms. The minimum absolute atomic E-state index is 0.0927. The van der Waals surface area contributed by atoms with Crippen LogP contribution in [0.3, 0.4) is 0 Å². The molecule has 0 bridgehead atoms. The summed E-state index contributed by atoms with van der Waals surface area (Å²) in [5, 5.41) is 0. The van der Waals surface area contributed by atoms with Gasteiger partial charge in [-0.05, 0) is 128 Å². The molecule has 6 heteroatoms. The van der Waals surface area contributed by atoms with Crippen molar-refractivity contribution in [2.75, 3.05) is 13.2 Å². The minimum atomic E-state index is -0.795. The highest BCUT2D eigenvalue weighted by Gasteiger charge is 2.19. The number of hydrogen-bond acceptors (Lipinski definition) is 6. The summed E-state index contributed by atoms with van der Waals surface area (Å²) in [5.41, 5.74) is 0. The van der Waals surface area contributed by atoms with Gasteiger partial charge in [-0.3, -0.25) is 14.4 Å². The largest absolute Gasteiger partial charge is 0.462 e. The van der Waals surface area contributed by atoms with Crippen molar-refractivity contribution >= 4 is 17.9 Å². The van der Waals surface area contributed by atoms with Gasteiger partial charge < -0.3 is 14.2 Å². The van der Waals surface area contributed by atoms with E-state index in [1.54, 1.807) is 0 Å². The fourth-order valence-corrected chi connectivity index (χ4v) is 7.82. The smallest absolute Gasteiger partial charge is 0.306 e. The molecule has 0 aromatic carbocycles. The van der Waals surface area contributed by atoms with Gasteiger partial charge in [0, 0.05) is 19.3 Å². The summed E-state index contributed by atoms with van der Waals surface area (Å²) < 4.78 is 16.8. The quantitative estimate of drug-likeness (QED) is 0.0261. The number of ether oxygens (including phenoxy) is 3. The van der Waals surface area contributed by atoms with Gasteiger partial charge in [-0.15, -0.1) is 0 Å². The number of hydrogen-bond donors (Lipinski definition) is 0. The summed E-state index contributed by atoms with van der Waals surface area (Å²) in [5.74, 6) is -0.929. The molecule has 0 heterocycles. The van der Waals surface area contributed by atoms with Gasteiger partial charge in [-0.1, -0.05) is 226 Å². The van der Waals surface area contributed by atoms with Gasteiger partial charge in [0.25, 0.3) is 0 Å². The van der Waals surface area contributed by atoms with Crippen LogP contribution in [0, 0.1) is 0 Å². The molecule has 6 nitrogen and oxygen atoms in total. The van der Waals surface area contributed by atoms with E-state index in [1.807, 2.05) is 0 Å². The molecule has 0 fully saturated rings. The Bertz CT molecular complexity index is 1460. The van der Waals surface area contributed by atoms with Crippen molar-refractivity contribution < 1.29 is 28.6 Å². The number of allylic oxidation sites excluding steroid dienone is 18. The van der Waals surface area contributed by atoms with Crippen LogP contribution in [-0.2, 0) is 28.6 Å². The molecule has 0 aliphatic carbocycles. The van der Waals surface area contributed by atoms with Crippen LogP contribution in [0.1, 0.15) is 265 Å². The second kappa shape index (κ2) is 58.6. The molecule has 1 atom stereocenters. The van der Waals surface area contributed by atoms with Gasteiger partial charge in [-0.25, -0.2) is 0 Å². The first-order chi connectivity index (χ1) is 35.0. The highest BCUT2D eigenvalue weighted by molar-refractivity contribution is 5.71. The maximum Gasteiger partial charge on any atom is 0.306 e. The van der Waals surface area contributed by atoms with E-state index in [4.69, 9.17) is 14.2 Å². The Kier molecular flexibility index (Phi) is 55.4. The number of carbonyl (C=O) groups is 3. The van der Waals surface area contributed by atoms with E-state index >= 15 is 0 Å². The first-order valence-corrected chi connectivity index (χ1v) is 29.4. The Morgan fingerprint density at radius 2 is 0.549 bits per heavy atom. The van der Waals surface area contributed by atoms with E-state index in [1.165, 1.54) is 83.5 Å². The average molecular weight is 986 g/mol. The van der Waals surface area contributed by atoms with Gasteiger partial charge in [-0.2, -0.15) is 0 Å². The molecule has 404 valence electrons. The van der Waals surface area contributed by atoms with Crippen molar-refractivity contribution in [3.8, 4) is 0 Å². The van der Waals surface area contributed by atoms with Crippen molar-refractivity contribution in [3.63, 3.8) is 0 Å². The van der Waals surface area contributed by atoms with Gasteiger partial charge >= 0.3 is 17.9 Å². The number of rotatable bonds is 52. The average Bonchev–Trinajstić information content (AvgIpc) is 3.37. The van der Waals surface area contributed by atoms with E-state index in [0.29, 0.717) is 19.3 Å². The van der Waals surface area contributed by atoms with Crippen LogP contribution in [0.2, 0.25) is 0 Å². The Morgan fingerprint density at radius 3 is 0.873 bits per heavy atom. The van der Waals surface area contributed by atoms with Gasteiger partial charge in [0.1, 0.15) is 13.2 Å². The zero-order chi connectivity index (χ0) is 51.4. The number of esters is 3. The Labute approximate surface area is 438 Å². The lowest BCUT2D eigenvalue weighted by Crippen LogP contribution is -2.30. The third-order valence-corrected chi connectivity index (χ3v) is 12.2. The SMILES string of the molecule is CC/C=C\C/C=C\C/C=C\C/C=C\C/C=C\C/C=C\C/C=C\CCCCCCCC(=O)OCC(COC(=O)CCCCCCC/C=C\CCCCCC)OC(=O)CCCCCCC/C=C\CCCCCC. The first-order valence-electron chi connectivity index (χ1n) is 29.4. The van der Waals surface area contributed by atoms with Crippen LogP contribution >= 0.6 is 0 Å². The lowest BCUT2D eigenvalue weighted by atomic mass is 10.1. The molecule has 0 saturated heterocycles. The number of unbranched alkanes of at least 4 members (excludes halogenated alkanes) is 23. The molecule has 0 rings (SSSR count). The highest BCUT2D eigenvalue weighted by atomic mass is 16.6. The summed E-state index contributed by atoms with van der Waals surface area (Å²) in [6.07, 6.45) is 79.4. The summed E-state index contributed by atoms with van der Waals surface area (Å²) in [6.45, 7) is 6.46. The molecule has 0 amide bonds. The predicted molar refractivity (Wildman–Crippen MR) is 307 cm³/mol. The zero-order valence-electron chi connectivity index (χ0n) is 46.2. The fourth-order valence-electron chi connectivity index (χ4n) is 7.82. The molecule has 0 N–H and O–H groups in total. The molecule has 0 aliphatic heterocycles. The molecule has 0 saturated carbocycles. The summed E-state index contributed by atoms with van der Waals surface area (Å²) in [4.78, 5) is 38.1. The molecular formula is C65H108O6. The van der Waals surface area contributed by atoms with Crippen LogP contribution in [-0.4, -0.2) is 37.2 Å². The fraction of sp³-hybridized carbons (Fsp3) is 0.677. The molecule has 1 unspecified atom stereocenters. The highest BCUT2D eigenvalue weighted by Crippen LogP contribution is 2.14. The minimum Gasteiger partial charge on any atom is -0.462 e. The van der Waals surface area contributed by atoms with Gasteiger partial charge in [0.15, 0.2) is 6.10 Å². The van der Waals surface area contributed by atoms with Crippen molar-refractivity contribution in [2.24, 2.45) is 0 Å². The molecule has 0 aromatic rings. The van der Waals surface area contributed by atoms with Crippen LogP contribution in [0.4, 0.5) is 0 Å². The number of carbonyl (C=O) groups excluding carboxylic acids is 3. The maximum absolute atomic E-state index is 12.8.